The van der Waals surface area contributed by atoms with E-state index in [4.69, 9.17) is 5.73 Å². The minimum absolute atomic E-state index is 0.0775. The van der Waals surface area contributed by atoms with Gasteiger partial charge < -0.3 is 5.73 Å². The van der Waals surface area contributed by atoms with E-state index >= 15 is 0 Å². The van der Waals surface area contributed by atoms with Crippen LogP contribution in [0.1, 0.15) is 24.5 Å². The lowest BCUT2D eigenvalue weighted by molar-refractivity contribution is 0.585. The number of halogens is 1. The van der Waals surface area contributed by atoms with Crippen molar-refractivity contribution in [2.45, 2.75) is 42.5 Å². The van der Waals surface area contributed by atoms with Crippen LogP contribution in [0, 0.1) is 12.7 Å². The van der Waals surface area contributed by atoms with Gasteiger partial charge in [0.1, 0.15) is 5.82 Å². The number of aryl methyl sites for hydroxylation is 1. The molecule has 2 N–H and O–H groups in total. The standard InChI is InChI=1S/C17H20FNS/c1-3-14(19)11-13-7-5-9-16(18)17(13)20-15-8-4-6-12(2)10-15/h4-10,14H,3,11,19H2,1-2H3. The molecular weight excluding hydrogens is 269 g/mol. The van der Waals surface area contributed by atoms with Gasteiger partial charge in [-0.25, -0.2) is 4.39 Å². The second-order valence-corrected chi connectivity index (χ2v) is 6.10. The van der Waals surface area contributed by atoms with Gasteiger partial charge >= 0.3 is 0 Å². The van der Waals surface area contributed by atoms with E-state index in [0.29, 0.717) is 11.3 Å². The Kier molecular flexibility index (Phi) is 5.21. The molecule has 2 rings (SSSR count). The van der Waals surface area contributed by atoms with Crippen molar-refractivity contribution in [1.82, 2.24) is 0 Å². The Balaban J connectivity index is 2.30. The molecule has 0 saturated heterocycles. The van der Waals surface area contributed by atoms with Crippen molar-refractivity contribution in [3.63, 3.8) is 0 Å². The summed E-state index contributed by atoms with van der Waals surface area (Å²) in [6.07, 6.45) is 1.60. The fourth-order valence-corrected chi connectivity index (χ4v) is 3.13. The van der Waals surface area contributed by atoms with E-state index in [1.54, 1.807) is 6.07 Å². The summed E-state index contributed by atoms with van der Waals surface area (Å²) in [5, 5.41) is 0. The number of hydrogen-bond donors (Lipinski definition) is 1. The van der Waals surface area contributed by atoms with Crippen LogP contribution in [-0.4, -0.2) is 6.04 Å². The van der Waals surface area contributed by atoms with Crippen LogP contribution in [-0.2, 0) is 6.42 Å². The third kappa shape index (κ3) is 3.84. The van der Waals surface area contributed by atoms with Crippen LogP contribution in [0.5, 0.6) is 0 Å². The number of nitrogens with two attached hydrogens (primary N) is 1. The lowest BCUT2D eigenvalue weighted by atomic mass is 10.0. The van der Waals surface area contributed by atoms with Crippen LogP contribution in [0.15, 0.2) is 52.3 Å². The highest BCUT2D eigenvalue weighted by Crippen LogP contribution is 2.33. The first-order valence-corrected chi connectivity index (χ1v) is 7.69. The first-order valence-electron chi connectivity index (χ1n) is 6.87. The molecule has 0 radical (unpaired) electrons. The normalized spacial score (nSPS) is 12.4. The maximum absolute atomic E-state index is 14.1. The molecule has 0 aliphatic rings. The van der Waals surface area contributed by atoms with Crippen molar-refractivity contribution >= 4 is 11.8 Å². The molecule has 1 nitrogen and oxygen atoms in total. The zero-order chi connectivity index (χ0) is 14.5. The lowest BCUT2D eigenvalue weighted by Gasteiger charge is -2.14. The molecule has 2 aromatic rings. The minimum Gasteiger partial charge on any atom is -0.327 e. The highest BCUT2D eigenvalue weighted by Gasteiger charge is 2.12. The summed E-state index contributed by atoms with van der Waals surface area (Å²) in [4.78, 5) is 1.75. The molecule has 0 aliphatic carbocycles. The summed E-state index contributed by atoms with van der Waals surface area (Å²) in [5.74, 6) is -0.169. The Labute approximate surface area is 124 Å². The zero-order valence-corrected chi connectivity index (χ0v) is 12.7. The molecule has 2 aromatic carbocycles. The average Bonchev–Trinajstić information content (AvgIpc) is 2.42. The van der Waals surface area contributed by atoms with Gasteiger partial charge in [-0.2, -0.15) is 0 Å². The molecule has 0 saturated carbocycles. The van der Waals surface area contributed by atoms with Gasteiger partial charge in [0.05, 0.1) is 4.90 Å². The van der Waals surface area contributed by atoms with E-state index < -0.39 is 0 Å². The second-order valence-electron chi connectivity index (χ2n) is 5.02. The summed E-state index contributed by atoms with van der Waals surface area (Å²) in [7, 11) is 0. The van der Waals surface area contributed by atoms with Gasteiger partial charge in [-0.05, 0) is 43.5 Å². The van der Waals surface area contributed by atoms with Gasteiger partial charge in [0.25, 0.3) is 0 Å². The van der Waals surface area contributed by atoms with Crippen LogP contribution in [0.3, 0.4) is 0 Å². The van der Waals surface area contributed by atoms with Crippen molar-refractivity contribution < 1.29 is 4.39 Å². The smallest absolute Gasteiger partial charge is 0.137 e. The van der Waals surface area contributed by atoms with Crippen LogP contribution in [0.4, 0.5) is 4.39 Å². The van der Waals surface area contributed by atoms with Gasteiger partial charge in [-0.1, -0.05) is 48.5 Å². The van der Waals surface area contributed by atoms with Crippen molar-refractivity contribution in [3.05, 3.63) is 59.4 Å². The second kappa shape index (κ2) is 6.91. The predicted octanol–water partition coefficient (Wildman–Crippen LogP) is 4.57. The van der Waals surface area contributed by atoms with Crippen molar-refractivity contribution in [2.75, 3.05) is 0 Å². The Morgan fingerprint density at radius 2 is 1.95 bits per heavy atom. The SMILES string of the molecule is CCC(N)Cc1cccc(F)c1Sc1cccc(C)c1. The molecular formula is C17H20FNS. The summed E-state index contributed by atoms with van der Waals surface area (Å²) in [5.41, 5.74) is 8.18. The average molecular weight is 289 g/mol. The van der Waals surface area contributed by atoms with Gasteiger partial charge in [-0.3, -0.25) is 0 Å². The fraction of sp³-hybridized carbons (Fsp3) is 0.294. The van der Waals surface area contributed by atoms with Crippen LogP contribution in [0.2, 0.25) is 0 Å². The number of hydrogen-bond acceptors (Lipinski definition) is 2. The van der Waals surface area contributed by atoms with Crippen LogP contribution < -0.4 is 5.73 Å². The van der Waals surface area contributed by atoms with Gasteiger partial charge in [-0.15, -0.1) is 0 Å². The highest BCUT2D eigenvalue weighted by molar-refractivity contribution is 7.99. The molecule has 0 spiro atoms. The summed E-state index contributed by atoms with van der Waals surface area (Å²) < 4.78 is 14.1. The van der Waals surface area contributed by atoms with E-state index in [-0.39, 0.29) is 11.9 Å². The van der Waals surface area contributed by atoms with E-state index in [0.717, 1.165) is 16.9 Å². The largest absolute Gasteiger partial charge is 0.327 e. The molecule has 0 fully saturated rings. The summed E-state index contributed by atoms with van der Waals surface area (Å²) >= 11 is 1.48. The van der Waals surface area contributed by atoms with Crippen LogP contribution in [0.25, 0.3) is 0 Å². The van der Waals surface area contributed by atoms with E-state index in [9.17, 15) is 4.39 Å². The molecule has 0 aliphatic heterocycles. The first-order chi connectivity index (χ1) is 9.60. The minimum atomic E-state index is -0.169. The predicted molar refractivity (Wildman–Crippen MR) is 83.7 cm³/mol. The molecule has 0 amide bonds. The summed E-state index contributed by atoms with van der Waals surface area (Å²) in [6, 6.07) is 13.4. The fourth-order valence-electron chi connectivity index (χ4n) is 2.05. The lowest BCUT2D eigenvalue weighted by Crippen LogP contribution is -2.21. The third-order valence-electron chi connectivity index (χ3n) is 3.26. The Bertz CT molecular complexity index is 583. The van der Waals surface area contributed by atoms with Crippen LogP contribution >= 0.6 is 11.8 Å². The van der Waals surface area contributed by atoms with Gasteiger partial charge in [0.15, 0.2) is 0 Å². The quantitative estimate of drug-likeness (QED) is 0.873. The maximum atomic E-state index is 14.1. The topological polar surface area (TPSA) is 26.0 Å². The van der Waals surface area contributed by atoms with Gasteiger partial charge in [0, 0.05) is 10.9 Å². The van der Waals surface area contributed by atoms with E-state index in [1.165, 1.54) is 23.4 Å². The van der Waals surface area contributed by atoms with E-state index in [1.807, 2.05) is 31.2 Å². The number of benzene rings is 2. The van der Waals surface area contributed by atoms with E-state index in [2.05, 4.69) is 13.0 Å². The Hall–Kier alpha value is -1.32. The molecule has 1 atom stereocenters. The molecule has 1 unspecified atom stereocenters. The molecule has 106 valence electrons. The molecule has 0 heterocycles. The Morgan fingerprint density at radius 3 is 2.65 bits per heavy atom. The van der Waals surface area contributed by atoms with Crippen molar-refractivity contribution in [3.8, 4) is 0 Å². The van der Waals surface area contributed by atoms with Crippen molar-refractivity contribution in [2.24, 2.45) is 5.73 Å². The molecule has 3 heteroatoms. The first kappa shape index (κ1) is 15.1. The van der Waals surface area contributed by atoms with Crippen molar-refractivity contribution in [1.29, 1.82) is 0 Å². The third-order valence-corrected chi connectivity index (χ3v) is 4.42. The Morgan fingerprint density at radius 1 is 1.20 bits per heavy atom. The molecule has 0 aromatic heterocycles. The number of rotatable bonds is 5. The zero-order valence-electron chi connectivity index (χ0n) is 11.9. The monoisotopic (exact) mass is 289 g/mol. The highest BCUT2D eigenvalue weighted by atomic mass is 32.2. The summed E-state index contributed by atoms with van der Waals surface area (Å²) in [6.45, 7) is 4.09. The van der Waals surface area contributed by atoms with Gasteiger partial charge in [0.2, 0.25) is 0 Å². The molecule has 0 bridgehead atoms. The maximum Gasteiger partial charge on any atom is 0.137 e. The molecule has 20 heavy (non-hydrogen) atoms.